The molecule has 0 spiro atoms. The van der Waals surface area contributed by atoms with E-state index in [0.29, 0.717) is 11.7 Å². The van der Waals surface area contributed by atoms with Crippen LogP contribution in [-0.2, 0) is 0 Å². The molecule has 2 N–H and O–H groups in total. The summed E-state index contributed by atoms with van der Waals surface area (Å²) in [5, 5.41) is 3.85. The van der Waals surface area contributed by atoms with E-state index in [4.69, 9.17) is 10.3 Å². The van der Waals surface area contributed by atoms with Crippen molar-refractivity contribution in [2.24, 2.45) is 0 Å². The number of halogens is 2. The van der Waals surface area contributed by atoms with Gasteiger partial charge in [-0.15, -0.1) is 0 Å². The van der Waals surface area contributed by atoms with Gasteiger partial charge in [0, 0.05) is 17.7 Å². The molecular weight excluding hydrogens is 240 g/mol. The van der Waals surface area contributed by atoms with E-state index in [1.807, 2.05) is 0 Å². The molecule has 0 radical (unpaired) electrons. The van der Waals surface area contributed by atoms with Gasteiger partial charge in [0.25, 0.3) is 5.89 Å². The standard InChI is InChI=1S/C12H11F2N3O/c13-8-4-7(10(15)5-9(8)14)12-16-11(17-18-12)6-2-1-3-6/h4-6H,1-3,15H2. The van der Waals surface area contributed by atoms with Crippen molar-refractivity contribution in [1.82, 2.24) is 10.1 Å². The molecule has 1 aromatic heterocycles. The van der Waals surface area contributed by atoms with Crippen LogP contribution in [0.4, 0.5) is 14.5 Å². The summed E-state index contributed by atoms with van der Waals surface area (Å²) in [5.74, 6) is -0.916. The highest BCUT2D eigenvalue weighted by atomic mass is 19.2. The third-order valence-corrected chi connectivity index (χ3v) is 3.23. The average Bonchev–Trinajstić information content (AvgIpc) is 2.70. The third kappa shape index (κ3) is 1.73. The molecule has 0 atom stereocenters. The fourth-order valence-electron chi connectivity index (χ4n) is 1.92. The molecule has 0 unspecified atom stereocenters. The van der Waals surface area contributed by atoms with Crippen molar-refractivity contribution < 1.29 is 13.3 Å². The molecule has 6 heteroatoms. The van der Waals surface area contributed by atoms with Crippen LogP contribution in [0.25, 0.3) is 11.5 Å². The zero-order chi connectivity index (χ0) is 12.7. The minimum atomic E-state index is -0.991. The second-order valence-corrected chi connectivity index (χ2v) is 4.44. The fraction of sp³-hybridized carbons (Fsp3) is 0.333. The topological polar surface area (TPSA) is 64.9 Å². The Hall–Kier alpha value is -1.98. The lowest BCUT2D eigenvalue weighted by atomic mass is 9.85. The van der Waals surface area contributed by atoms with Crippen molar-refractivity contribution in [2.45, 2.75) is 25.2 Å². The van der Waals surface area contributed by atoms with Gasteiger partial charge < -0.3 is 10.3 Å². The van der Waals surface area contributed by atoms with Gasteiger partial charge in [0.1, 0.15) is 0 Å². The van der Waals surface area contributed by atoms with Gasteiger partial charge in [0.05, 0.1) is 5.56 Å². The van der Waals surface area contributed by atoms with Crippen LogP contribution in [0.1, 0.15) is 31.0 Å². The lowest BCUT2D eigenvalue weighted by Crippen LogP contribution is -2.10. The molecule has 0 saturated heterocycles. The molecule has 0 amide bonds. The Labute approximate surface area is 102 Å². The summed E-state index contributed by atoms with van der Waals surface area (Å²) < 4.78 is 31.2. The Morgan fingerprint density at radius 3 is 2.61 bits per heavy atom. The van der Waals surface area contributed by atoms with Crippen molar-refractivity contribution in [2.75, 3.05) is 5.73 Å². The van der Waals surface area contributed by atoms with Crippen molar-refractivity contribution in [3.8, 4) is 11.5 Å². The van der Waals surface area contributed by atoms with Crippen molar-refractivity contribution in [1.29, 1.82) is 0 Å². The molecule has 1 aliphatic carbocycles. The van der Waals surface area contributed by atoms with E-state index < -0.39 is 11.6 Å². The van der Waals surface area contributed by atoms with Crippen LogP contribution < -0.4 is 5.73 Å². The van der Waals surface area contributed by atoms with Crippen LogP contribution in [0.2, 0.25) is 0 Å². The zero-order valence-electron chi connectivity index (χ0n) is 9.49. The minimum Gasteiger partial charge on any atom is -0.398 e. The van der Waals surface area contributed by atoms with Crippen molar-refractivity contribution in [3.63, 3.8) is 0 Å². The Morgan fingerprint density at radius 2 is 1.94 bits per heavy atom. The fourth-order valence-corrected chi connectivity index (χ4v) is 1.92. The first-order chi connectivity index (χ1) is 8.65. The van der Waals surface area contributed by atoms with Gasteiger partial charge in [-0.1, -0.05) is 11.6 Å². The number of benzene rings is 1. The first-order valence-corrected chi connectivity index (χ1v) is 5.73. The molecule has 1 heterocycles. The molecule has 94 valence electrons. The molecule has 1 saturated carbocycles. The number of nitrogen functional groups attached to an aromatic ring is 1. The molecule has 4 nitrogen and oxygen atoms in total. The highest BCUT2D eigenvalue weighted by Gasteiger charge is 2.25. The maximum Gasteiger partial charge on any atom is 0.260 e. The highest BCUT2D eigenvalue weighted by molar-refractivity contribution is 5.70. The van der Waals surface area contributed by atoms with Crippen LogP contribution in [0.5, 0.6) is 0 Å². The largest absolute Gasteiger partial charge is 0.398 e. The van der Waals surface area contributed by atoms with Gasteiger partial charge in [0.2, 0.25) is 0 Å². The summed E-state index contributed by atoms with van der Waals surface area (Å²) in [6.45, 7) is 0. The number of hydrogen-bond donors (Lipinski definition) is 1. The predicted octanol–water partition coefficient (Wildman–Crippen LogP) is 2.86. The molecule has 2 aromatic rings. The normalized spacial score (nSPS) is 15.7. The number of anilines is 1. The number of rotatable bonds is 2. The zero-order valence-corrected chi connectivity index (χ0v) is 9.49. The van der Waals surface area contributed by atoms with Gasteiger partial charge in [-0.05, 0) is 18.9 Å². The quantitative estimate of drug-likeness (QED) is 0.833. The lowest BCUT2D eigenvalue weighted by molar-refractivity contribution is 0.366. The SMILES string of the molecule is Nc1cc(F)c(F)cc1-c1nc(C2CCC2)no1. The molecule has 0 bridgehead atoms. The van der Waals surface area contributed by atoms with Crippen molar-refractivity contribution >= 4 is 5.69 Å². The third-order valence-electron chi connectivity index (χ3n) is 3.23. The van der Waals surface area contributed by atoms with Gasteiger partial charge in [0.15, 0.2) is 17.5 Å². The van der Waals surface area contributed by atoms with Crippen LogP contribution in [0, 0.1) is 11.6 Å². The average molecular weight is 251 g/mol. The second kappa shape index (κ2) is 4.04. The summed E-state index contributed by atoms with van der Waals surface area (Å²) >= 11 is 0. The lowest BCUT2D eigenvalue weighted by Gasteiger charge is -2.20. The number of hydrogen-bond acceptors (Lipinski definition) is 4. The van der Waals surface area contributed by atoms with Crippen LogP contribution in [0.15, 0.2) is 16.7 Å². The summed E-state index contributed by atoms with van der Waals surface area (Å²) in [6, 6.07) is 1.89. The Balaban J connectivity index is 1.98. The van der Waals surface area contributed by atoms with E-state index in [1.54, 1.807) is 0 Å². The first-order valence-electron chi connectivity index (χ1n) is 5.73. The summed E-state index contributed by atoms with van der Waals surface area (Å²) in [7, 11) is 0. The second-order valence-electron chi connectivity index (χ2n) is 4.44. The molecule has 0 aliphatic heterocycles. The Kier molecular flexibility index (Phi) is 2.50. The molecule has 18 heavy (non-hydrogen) atoms. The van der Waals surface area contributed by atoms with Crippen LogP contribution in [-0.4, -0.2) is 10.1 Å². The van der Waals surface area contributed by atoms with Crippen LogP contribution in [0.3, 0.4) is 0 Å². The number of nitrogens with two attached hydrogens (primary N) is 1. The van der Waals surface area contributed by atoms with Gasteiger partial charge in [-0.3, -0.25) is 0 Å². The first kappa shape index (κ1) is 11.1. The van der Waals surface area contributed by atoms with E-state index in [9.17, 15) is 8.78 Å². The van der Waals surface area contributed by atoms with Gasteiger partial charge in [-0.25, -0.2) is 8.78 Å². The Bertz CT molecular complexity index is 593. The smallest absolute Gasteiger partial charge is 0.260 e. The number of nitrogens with zero attached hydrogens (tertiary/aromatic N) is 2. The molecule has 1 fully saturated rings. The maximum atomic E-state index is 13.2. The van der Waals surface area contributed by atoms with E-state index >= 15 is 0 Å². The highest BCUT2D eigenvalue weighted by Crippen LogP contribution is 2.36. The molecule has 3 rings (SSSR count). The van der Waals surface area contributed by atoms with Crippen molar-refractivity contribution in [3.05, 3.63) is 29.6 Å². The van der Waals surface area contributed by atoms with E-state index in [1.165, 1.54) is 0 Å². The van der Waals surface area contributed by atoms with Gasteiger partial charge in [-0.2, -0.15) is 4.98 Å². The monoisotopic (exact) mass is 251 g/mol. The number of aromatic nitrogens is 2. The Morgan fingerprint density at radius 1 is 1.22 bits per heavy atom. The minimum absolute atomic E-state index is 0.0812. The predicted molar refractivity (Wildman–Crippen MR) is 60.7 cm³/mol. The summed E-state index contributed by atoms with van der Waals surface area (Å²) in [6.07, 6.45) is 3.22. The van der Waals surface area contributed by atoms with Crippen LogP contribution >= 0.6 is 0 Å². The maximum absolute atomic E-state index is 13.2. The molecule has 1 aromatic carbocycles. The van der Waals surface area contributed by atoms with E-state index in [-0.39, 0.29) is 17.1 Å². The molecule has 1 aliphatic rings. The summed E-state index contributed by atoms with van der Waals surface area (Å²) in [5.41, 5.74) is 5.93. The molecular formula is C12H11F2N3O. The summed E-state index contributed by atoms with van der Waals surface area (Å²) in [4.78, 5) is 4.19. The van der Waals surface area contributed by atoms with E-state index in [2.05, 4.69) is 10.1 Å². The van der Waals surface area contributed by atoms with Gasteiger partial charge >= 0.3 is 0 Å². The van der Waals surface area contributed by atoms with E-state index in [0.717, 1.165) is 31.4 Å².